The maximum atomic E-state index is 3.90. The molecule has 0 aliphatic carbocycles. The van der Waals surface area contributed by atoms with Crippen LogP contribution in [0.5, 0.6) is 0 Å². The third-order valence-corrected chi connectivity index (χ3v) is 1.10. The fourth-order valence-corrected chi connectivity index (χ4v) is 0.613. The first-order chi connectivity index (χ1) is 3.39. The lowest BCUT2D eigenvalue weighted by Gasteiger charge is -1.80. The number of rotatable bonds is 0. The van der Waals surface area contributed by atoms with E-state index in [0.717, 1.165) is 4.60 Å². The second-order valence-corrected chi connectivity index (χ2v) is 1.96. The highest BCUT2D eigenvalue weighted by atomic mass is 79.9. The van der Waals surface area contributed by atoms with Gasteiger partial charge in [-0.1, -0.05) is 13.5 Å². The van der Waals surface area contributed by atoms with Crippen molar-refractivity contribution < 1.29 is 0 Å². The van der Waals surface area contributed by atoms with Gasteiger partial charge in [-0.05, 0) is 28.1 Å². The number of nitrogens with zero attached hydrogens (tertiary/aromatic N) is 1. The molecule has 8 heavy (non-hydrogen) atoms. The number of hydrogen-bond donors (Lipinski definition) is 0. The molecule has 1 rings (SSSR count). The molecule has 0 amide bonds. The Balaban J connectivity index is 0.000000490. The molecule has 0 radical (unpaired) electrons. The van der Waals surface area contributed by atoms with E-state index in [4.69, 9.17) is 0 Å². The van der Waals surface area contributed by atoms with Crippen LogP contribution in [0.15, 0.2) is 29.0 Å². The Morgan fingerprint density at radius 1 is 1.38 bits per heavy atom. The third kappa shape index (κ3) is 2.07. The lowest BCUT2D eigenvalue weighted by atomic mass is 10.5. The van der Waals surface area contributed by atoms with Crippen LogP contribution in [0.4, 0.5) is 0 Å². The molecular formula is C6H8BrN. The van der Waals surface area contributed by atoms with Gasteiger partial charge in [0, 0.05) is 6.20 Å². The average molecular weight is 174 g/mol. The summed E-state index contributed by atoms with van der Waals surface area (Å²) in [5, 5.41) is 0. The minimum absolute atomic E-state index is 0. The summed E-state index contributed by atoms with van der Waals surface area (Å²) in [6.45, 7) is 0. The Hall–Kier alpha value is -0.370. The maximum Gasteiger partial charge on any atom is 0.106 e. The van der Waals surface area contributed by atoms with Crippen molar-refractivity contribution in [2.45, 2.75) is 7.43 Å². The standard InChI is InChI=1S/C5H4BrN.CH4/c6-5-3-1-2-4-7-5;/h1-4H;1H4. The van der Waals surface area contributed by atoms with E-state index in [9.17, 15) is 0 Å². The summed E-state index contributed by atoms with van der Waals surface area (Å²) in [6, 6.07) is 5.70. The molecule has 0 fully saturated rings. The van der Waals surface area contributed by atoms with Gasteiger partial charge in [-0.25, -0.2) is 4.98 Å². The zero-order chi connectivity index (χ0) is 5.11. The monoisotopic (exact) mass is 173 g/mol. The van der Waals surface area contributed by atoms with E-state index in [0.29, 0.717) is 0 Å². The quantitative estimate of drug-likeness (QED) is 0.550. The normalized spacial score (nSPS) is 7.62. The Morgan fingerprint density at radius 3 is 2.38 bits per heavy atom. The third-order valence-electron chi connectivity index (χ3n) is 0.629. The second-order valence-electron chi connectivity index (χ2n) is 1.15. The van der Waals surface area contributed by atoms with Crippen molar-refractivity contribution in [1.29, 1.82) is 0 Å². The van der Waals surface area contributed by atoms with Crippen LogP contribution in [-0.2, 0) is 0 Å². The van der Waals surface area contributed by atoms with Crippen LogP contribution in [0.3, 0.4) is 0 Å². The molecule has 44 valence electrons. The molecule has 0 bridgehead atoms. The molecule has 0 saturated heterocycles. The second kappa shape index (κ2) is 3.61. The first kappa shape index (κ1) is 7.63. The first-order valence-electron chi connectivity index (χ1n) is 1.96. The molecule has 2 heteroatoms. The van der Waals surface area contributed by atoms with Crippen molar-refractivity contribution in [1.82, 2.24) is 4.98 Å². The van der Waals surface area contributed by atoms with E-state index in [1.54, 1.807) is 6.20 Å². The highest BCUT2D eigenvalue weighted by Gasteiger charge is 1.75. The summed E-state index contributed by atoms with van der Waals surface area (Å²) in [7, 11) is 0. The molecule has 1 heterocycles. The molecule has 1 nitrogen and oxygen atoms in total. The molecule has 0 aliphatic heterocycles. The largest absolute Gasteiger partial charge is 0.249 e. The number of hydrogen-bond acceptors (Lipinski definition) is 1. The summed E-state index contributed by atoms with van der Waals surface area (Å²) < 4.78 is 0.884. The Morgan fingerprint density at radius 2 is 2.12 bits per heavy atom. The Labute approximate surface area is 57.9 Å². The van der Waals surface area contributed by atoms with E-state index < -0.39 is 0 Å². The van der Waals surface area contributed by atoms with Crippen molar-refractivity contribution in [2.75, 3.05) is 0 Å². The summed E-state index contributed by atoms with van der Waals surface area (Å²) in [5.74, 6) is 0. The van der Waals surface area contributed by atoms with Crippen LogP contribution >= 0.6 is 15.9 Å². The molecule has 0 unspecified atom stereocenters. The molecule has 0 aliphatic rings. The summed E-state index contributed by atoms with van der Waals surface area (Å²) in [5.41, 5.74) is 0. The van der Waals surface area contributed by atoms with Crippen LogP contribution in [0.25, 0.3) is 0 Å². The predicted molar refractivity (Wildman–Crippen MR) is 38.7 cm³/mol. The van der Waals surface area contributed by atoms with Crippen LogP contribution in [0.2, 0.25) is 0 Å². The maximum absolute atomic E-state index is 3.90. The summed E-state index contributed by atoms with van der Waals surface area (Å²) in [6.07, 6.45) is 1.74. The highest BCUT2D eigenvalue weighted by Crippen LogP contribution is 2.00. The first-order valence-corrected chi connectivity index (χ1v) is 2.75. The molecule has 0 N–H and O–H groups in total. The molecular weight excluding hydrogens is 166 g/mol. The van der Waals surface area contributed by atoms with Gasteiger partial charge >= 0.3 is 0 Å². The Kier molecular flexibility index (Phi) is 3.44. The average Bonchev–Trinajstić information content (AvgIpc) is 1.69. The topological polar surface area (TPSA) is 12.9 Å². The lowest BCUT2D eigenvalue weighted by molar-refractivity contribution is 1.28. The SMILES string of the molecule is Brc1ccccn1.C. The van der Waals surface area contributed by atoms with Crippen LogP contribution in [-0.4, -0.2) is 4.98 Å². The van der Waals surface area contributed by atoms with Crippen molar-refractivity contribution in [2.24, 2.45) is 0 Å². The van der Waals surface area contributed by atoms with E-state index >= 15 is 0 Å². The van der Waals surface area contributed by atoms with Gasteiger partial charge in [0.05, 0.1) is 0 Å². The van der Waals surface area contributed by atoms with Gasteiger partial charge in [-0.3, -0.25) is 0 Å². The zero-order valence-corrected chi connectivity index (χ0v) is 5.22. The zero-order valence-electron chi connectivity index (χ0n) is 3.63. The molecule has 0 saturated carbocycles. The van der Waals surface area contributed by atoms with E-state index in [1.165, 1.54) is 0 Å². The minimum atomic E-state index is 0. The van der Waals surface area contributed by atoms with E-state index in [-0.39, 0.29) is 7.43 Å². The summed E-state index contributed by atoms with van der Waals surface area (Å²) in [4.78, 5) is 3.90. The van der Waals surface area contributed by atoms with Crippen molar-refractivity contribution >= 4 is 15.9 Å². The highest BCUT2D eigenvalue weighted by molar-refractivity contribution is 9.10. The van der Waals surface area contributed by atoms with Crippen molar-refractivity contribution in [3.05, 3.63) is 29.0 Å². The molecule has 0 spiro atoms. The Bertz CT molecular complexity index is 138. The molecule has 1 aromatic heterocycles. The van der Waals surface area contributed by atoms with Gasteiger partial charge in [0.25, 0.3) is 0 Å². The van der Waals surface area contributed by atoms with E-state index in [2.05, 4.69) is 20.9 Å². The van der Waals surface area contributed by atoms with Crippen LogP contribution in [0, 0.1) is 0 Å². The summed E-state index contributed by atoms with van der Waals surface area (Å²) >= 11 is 3.20. The molecule has 0 atom stereocenters. The molecule has 1 aromatic rings. The van der Waals surface area contributed by atoms with Crippen LogP contribution < -0.4 is 0 Å². The van der Waals surface area contributed by atoms with Gasteiger partial charge in [-0.15, -0.1) is 0 Å². The fourth-order valence-electron chi connectivity index (χ4n) is 0.342. The molecule has 0 aromatic carbocycles. The van der Waals surface area contributed by atoms with Gasteiger partial charge in [0.15, 0.2) is 0 Å². The van der Waals surface area contributed by atoms with Crippen LogP contribution in [0.1, 0.15) is 7.43 Å². The predicted octanol–water partition coefficient (Wildman–Crippen LogP) is 2.48. The minimum Gasteiger partial charge on any atom is -0.249 e. The number of pyridine rings is 1. The van der Waals surface area contributed by atoms with Crippen molar-refractivity contribution in [3.8, 4) is 0 Å². The van der Waals surface area contributed by atoms with Gasteiger partial charge in [0.1, 0.15) is 4.60 Å². The number of halogens is 1. The van der Waals surface area contributed by atoms with Gasteiger partial charge < -0.3 is 0 Å². The van der Waals surface area contributed by atoms with Gasteiger partial charge in [-0.2, -0.15) is 0 Å². The lowest BCUT2D eigenvalue weighted by Crippen LogP contribution is -1.66. The van der Waals surface area contributed by atoms with Gasteiger partial charge in [0.2, 0.25) is 0 Å². The van der Waals surface area contributed by atoms with E-state index in [1.807, 2.05) is 18.2 Å². The number of aromatic nitrogens is 1. The van der Waals surface area contributed by atoms with Crippen molar-refractivity contribution in [3.63, 3.8) is 0 Å². The smallest absolute Gasteiger partial charge is 0.106 e. The fraction of sp³-hybridized carbons (Fsp3) is 0.167.